The van der Waals surface area contributed by atoms with Gasteiger partial charge in [0.2, 0.25) is 11.7 Å². The van der Waals surface area contributed by atoms with Crippen LogP contribution in [0.1, 0.15) is 30.2 Å². The zero-order valence-electron chi connectivity index (χ0n) is 13.6. The van der Waals surface area contributed by atoms with Crippen LogP contribution in [0.5, 0.6) is 0 Å². The van der Waals surface area contributed by atoms with Gasteiger partial charge in [-0.25, -0.2) is 8.42 Å². The van der Waals surface area contributed by atoms with Gasteiger partial charge in [0.05, 0.1) is 0 Å². The average molecular weight is 375 g/mol. The quantitative estimate of drug-likeness (QED) is 0.659. The van der Waals surface area contributed by atoms with Crippen LogP contribution in [0.3, 0.4) is 0 Å². The van der Waals surface area contributed by atoms with Crippen molar-refractivity contribution < 1.29 is 12.9 Å². The van der Waals surface area contributed by atoms with E-state index >= 15 is 0 Å². The van der Waals surface area contributed by atoms with Crippen LogP contribution in [0.4, 0.5) is 0 Å². The van der Waals surface area contributed by atoms with Crippen molar-refractivity contribution >= 4 is 21.4 Å². The van der Waals surface area contributed by atoms with Crippen molar-refractivity contribution in [1.82, 2.24) is 14.4 Å². The lowest BCUT2D eigenvalue weighted by Gasteiger charge is -2.15. The minimum absolute atomic E-state index is 0.277. The summed E-state index contributed by atoms with van der Waals surface area (Å²) in [5.74, 6) is 1.47. The molecule has 1 aliphatic carbocycles. The molecule has 0 radical (unpaired) electrons. The Labute approximate surface area is 150 Å². The van der Waals surface area contributed by atoms with E-state index < -0.39 is 10.0 Å². The highest BCUT2D eigenvalue weighted by Crippen LogP contribution is 2.40. The van der Waals surface area contributed by atoms with Crippen molar-refractivity contribution in [1.29, 1.82) is 0 Å². The molecule has 1 saturated carbocycles. The monoisotopic (exact) mass is 375 g/mol. The first kappa shape index (κ1) is 16.4. The molecule has 0 spiro atoms. The van der Waals surface area contributed by atoms with Crippen molar-refractivity contribution in [3.63, 3.8) is 0 Å². The Hall–Kier alpha value is -2.03. The van der Waals surface area contributed by atoms with E-state index in [1.54, 1.807) is 18.5 Å². The number of nitrogens with zero attached hydrogens (tertiary/aromatic N) is 3. The average Bonchev–Trinajstić information content (AvgIpc) is 3.12. The topological polar surface area (TPSA) is 76.3 Å². The number of rotatable bonds is 6. The van der Waals surface area contributed by atoms with Crippen molar-refractivity contribution in [3.05, 3.63) is 53.2 Å². The molecule has 0 amide bonds. The van der Waals surface area contributed by atoms with E-state index in [0.717, 1.165) is 18.4 Å². The summed E-state index contributed by atoms with van der Waals surface area (Å²) >= 11 is 1.17. The predicted octanol–water partition coefficient (Wildman–Crippen LogP) is 3.50. The molecular formula is C17H17N3O3S2. The highest BCUT2D eigenvalue weighted by atomic mass is 32.2. The lowest BCUT2D eigenvalue weighted by Crippen LogP contribution is -2.25. The second-order valence-corrected chi connectivity index (χ2v) is 9.31. The van der Waals surface area contributed by atoms with Crippen LogP contribution in [0.15, 0.2) is 50.5 Å². The number of hydrogen-bond acceptors (Lipinski definition) is 6. The third-order valence-corrected chi connectivity index (χ3v) is 7.33. The number of thiophene rings is 1. The molecule has 8 heteroatoms. The van der Waals surface area contributed by atoms with E-state index in [2.05, 4.69) is 10.1 Å². The Morgan fingerprint density at radius 2 is 2.04 bits per heavy atom. The molecule has 1 aliphatic rings. The minimum Gasteiger partial charge on any atom is -0.339 e. The molecule has 0 saturated heterocycles. The summed E-state index contributed by atoms with van der Waals surface area (Å²) in [5, 5.41) is 5.72. The van der Waals surface area contributed by atoms with Gasteiger partial charge >= 0.3 is 0 Å². The molecule has 0 aliphatic heterocycles. The molecule has 0 unspecified atom stereocenters. The Morgan fingerprint density at radius 1 is 1.28 bits per heavy atom. The van der Waals surface area contributed by atoms with Crippen LogP contribution in [-0.4, -0.2) is 29.9 Å². The first-order valence-electron chi connectivity index (χ1n) is 7.97. The first-order chi connectivity index (χ1) is 12.0. The fourth-order valence-electron chi connectivity index (χ4n) is 2.50. The molecule has 2 heterocycles. The highest BCUT2D eigenvalue weighted by molar-refractivity contribution is 7.91. The third-order valence-electron chi connectivity index (χ3n) is 4.11. The van der Waals surface area contributed by atoms with Gasteiger partial charge in [0.25, 0.3) is 10.0 Å². The molecule has 3 aromatic rings. The zero-order valence-corrected chi connectivity index (χ0v) is 15.3. The van der Waals surface area contributed by atoms with Gasteiger partial charge < -0.3 is 4.52 Å². The summed E-state index contributed by atoms with van der Waals surface area (Å²) in [4.78, 5) is 4.37. The SMILES string of the molecule is CN(Cc1ccccc1)S(=O)(=O)c1cc(-c2noc(C3CC3)n2)cs1. The Bertz CT molecular complexity index is 976. The fourth-order valence-corrected chi connectivity index (χ4v) is 5.02. The summed E-state index contributed by atoms with van der Waals surface area (Å²) in [6, 6.07) is 11.1. The van der Waals surface area contributed by atoms with Crippen LogP contribution in [0.25, 0.3) is 11.4 Å². The Morgan fingerprint density at radius 3 is 2.76 bits per heavy atom. The van der Waals surface area contributed by atoms with Gasteiger partial charge in [-0.05, 0) is 24.5 Å². The van der Waals surface area contributed by atoms with E-state index in [0.29, 0.717) is 29.7 Å². The highest BCUT2D eigenvalue weighted by Gasteiger charge is 2.30. The molecule has 0 bridgehead atoms. The van der Waals surface area contributed by atoms with Crippen LogP contribution in [-0.2, 0) is 16.6 Å². The normalized spacial score (nSPS) is 15.0. The third kappa shape index (κ3) is 3.37. The zero-order chi connectivity index (χ0) is 17.4. The Balaban J connectivity index is 1.55. The van der Waals surface area contributed by atoms with Crippen LogP contribution >= 0.6 is 11.3 Å². The van der Waals surface area contributed by atoms with Crippen LogP contribution in [0, 0.1) is 0 Å². The van der Waals surface area contributed by atoms with Gasteiger partial charge in [0.15, 0.2) is 0 Å². The molecular weight excluding hydrogens is 358 g/mol. The fraction of sp³-hybridized carbons (Fsp3) is 0.294. The summed E-state index contributed by atoms with van der Waals surface area (Å²) in [7, 11) is -1.97. The molecule has 4 rings (SSSR count). The molecule has 0 N–H and O–H groups in total. The molecule has 1 aromatic carbocycles. The van der Waals surface area contributed by atoms with Gasteiger partial charge in [0.1, 0.15) is 4.21 Å². The summed E-state index contributed by atoms with van der Waals surface area (Å²) in [6.07, 6.45) is 2.16. The summed E-state index contributed by atoms with van der Waals surface area (Å²) < 4.78 is 32.4. The summed E-state index contributed by atoms with van der Waals surface area (Å²) in [5.41, 5.74) is 1.62. The molecule has 130 valence electrons. The smallest absolute Gasteiger partial charge is 0.252 e. The molecule has 2 aromatic heterocycles. The number of hydrogen-bond donors (Lipinski definition) is 0. The number of aromatic nitrogens is 2. The van der Waals surface area contributed by atoms with Crippen molar-refractivity contribution in [2.75, 3.05) is 7.05 Å². The van der Waals surface area contributed by atoms with Crippen molar-refractivity contribution in [2.24, 2.45) is 0 Å². The van der Waals surface area contributed by atoms with Crippen molar-refractivity contribution in [2.45, 2.75) is 29.5 Å². The molecule has 25 heavy (non-hydrogen) atoms. The van der Waals surface area contributed by atoms with E-state index in [4.69, 9.17) is 4.52 Å². The molecule has 6 nitrogen and oxygen atoms in total. The minimum atomic E-state index is -3.56. The molecule has 0 atom stereocenters. The largest absolute Gasteiger partial charge is 0.339 e. The van der Waals surface area contributed by atoms with E-state index in [1.165, 1.54) is 15.6 Å². The van der Waals surface area contributed by atoms with Gasteiger partial charge in [-0.15, -0.1) is 11.3 Å². The lowest BCUT2D eigenvalue weighted by molar-refractivity contribution is 0.380. The Kier molecular flexibility index (Phi) is 4.18. The van der Waals surface area contributed by atoms with E-state index in [9.17, 15) is 8.42 Å². The standard InChI is InChI=1S/C17H17N3O3S2/c1-20(10-12-5-3-2-4-6-12)25(21,22)15-9-14(11-24-15)16-18-17(23-19-16)13-7-8-13/h2-6,9,11,13H,7-8,10H2,1H3. The second kappa shape index (κ2) is 6.36. The second-order valence-electron chi connectivity index (χ2n) is 6.13. The van der Waals surface area contributed by atoms with E-state index in [-0.39, 0.29) is 4.21 Å². The number of sulfonamides is 1. The maximum atomic E-state index is 12.8. The van der Waals surface area contributed by atoms with Crippen molar-refractivity contribution in [3.8, 4) is 11.4 Å². The number of benzene rings is 1. The van der Waals surface area contributed by atoms with Gasteiger partial charge in [-0.1, -0.05) is 35.5 Å². The maximum Gasteiger partial charge on any atom is 0.252 e. The molecule has 1 fully saturated rings. The van der Waals surface area contributed by atoms with Gasteiger partial charge in [-0.2, -0.15) is 9.29 Å². The maximum absolute atomic E-state index is 12.8. The lowest BCUT2D eigenvalue weighted by atomic mass is 10.2. The van der Waals surface area contributed by atoms with Crippen LogP contribution in [0.2, 0.25) is 0 Å². The van der Waals surface area contributed by atoms with Gasteiger partial charge in [-0.3, -0.25) is 0 Å². The predicted molar refractivity (Wildman–Crippen MR) is 94.7 cm³/mol. The van der Waals surface area contributed by atoms with Gasteiger partial charge in [0, 0.05) is 30.5 Å². The summed E-state index contributed by atoms with van der Waals surface area (Å²) in [6.45, 7) is 0.324. The van der Waals surface area contributed by atoms with Crippen LogP contribution < -0.4 is 0 Å². The first-order valence-corrected chi connectivity index (χ1v) is 10.3. The van der Waals surface area contributed by atoms with E-state index in [1.807, 2.05) is 30.3 Å².